The third-order valence-corrected chi connectivity index (χ3v) is 4.97. The van der Waals surface area contributed by atoms with Gasteiger partial charge in [-0.2, -0.15) is 0 Å². The molecule has 2 rings (SSSR count). The zero-order valence-electron chi connectivity index (χ0n) is 8.73. The molecule has 1 aromatic rings. The Morgan fingerprint density at radius 1 is 1.33 bits per heavy atom. The van der Waals surface area contributed by atoms with Crippen molar-refractivity contribution in [1.82, 2.24) is 5.32 Å². The SMILES string of the molecule is CNCc1ccccc1S(=O)(=O)C1CC1. The lowest BCUT2D eigenvalue weighted by Crippen LogP contribution is -2.13. The predicted molar refractivity (Wildman–Crippen MR) is 59.4 cm³/mol. The molecule has 0 unspecified atom stereocenters. The molecular formula is C11H15NO2S. The fourth-order valence-corrected chi connectivity index (χ4v) is 3.57. The first-order chi connectivity index (χ1) is 7.16. The highest BCUT2D eigenvalue weighted by Gasteiger charge is 2.37. The van der Waals surface area contributed by atoms with Crippen LogP contribution in [0.3, 0.4) is 0 Å². The molecule has 0 saturated heterocycles. The first kappa shape index (κ1) is 10.6. The molecule has 15 heavy (non-hydrogen) atoms. The van der Waals surface area contributed by atoms with Gasteiger partial charge in [-0.15, -0.1) is 0 Å². The smallest absolute Gasteiger partial charge is 0.181 e. The van der Waals surface area contributed by atoms with Crippen LogP contribution in [0.5, 0.6) is 0 Å². The van der Waals surface area contributed by atoms with Gasteiger partial charge in [0, 0.05) is 6.54 Å². The van der Waals surface area contributed by atoms with Gasteiger partial charge in [0.1, 0.15) is 0 Å². The van der Waals surface area contributed by atoms with E-state index in [1.54, 1.807) is 12.1 Å². The first-order valence-electron chi connectivity index (χ1n) is 5.12. The Labute approximate surface area is 90.4 Å². The predicted octanol–water partition coefficient (Wildman–Crippen LogP) is 1.34. The maximum absolute atomic E-state index is 12.1. The summed E-state index contributed by atoms with van der Waals surface area (Å²) in [7, 11) is -1.24. The van der Waals surface area contributed by atoms with Crippen LogP contribution in [0.15, 0.2) is 29.2 Å². The van der Waals surface area contributed by atoms with Crippen molar-refractivity contribution < 1.29 is 8.42 Å². The summed E-state index contributed by atoms with van der Waals surface area (Å²) in [5.41, 5.74) is 0.868. The Hall–Kier alpha value is -0.870. The van der Waals surface area contributed by atoms with E-state index in [0.29, 0.717) is 11.4 Å². The number of benzene rings is 1. The van der Waals surface area contributed by atoms with Crippen molar-refractivity contribution in [2.24, 2.45) is 0 Å². The van der Waals surface area contributed by atoms with Crippen molar-refractivity contribution in [3.63, 3.8) is 0 Å². The number of sulfone groups is 1. The molecule has 1 aliphatic carbocycles. The Balaban J connectivity index is 2.42. The Morgan fingerprint density at radius 2 is 2.00 bits per heavy atom. The largest absolute Gasteiger partial charge is 0.316 e. The van der Waals surface area contributed by atoms with Gasteiger partial charge in [0.25, 0.3) is 0 Å². The molecule has 0 aliphatic heterocycles. The van der Waals surface area contributed by atoms with Crippen LogP contribution >= 0.6 is 0 Å². The molecule has 0 atom stereocenters. The van der Waals surface area contributed by atoms with Crippen molar-refractivity contribution in [1.29, 1.82) is 0 Å². The van der Waals surface area contributed by atoms with Crippen molar-refractivity contribution >= 4 is 9.84 Å². The fourth-order valence-electron chi connectivity index (χ4n) is 1.68. The van der Waals surface area contributed by atoms with Crippen LogP contribution in [0.2, 0.25) is 0 Å². The maximum atomic E-state index is 12.1. The average molecular weight is 225 g/mol. The number of nitrogens with one attached hydrogen (secondary N) is 1. The lowest BCUT2D eigenvalue weighted by Gasteiger charge is -2.08. The van der Waals surface area contributed by atoms with Gasteiger partial charge >= 0.3 is 0 Å². The van der Waals surface area contributed by atoms with E-state index >= 15 is 0 Å². The monoisotopic (exact) mass is 225 g/mol. The van der Waals surface area contributed by atoms with E-state index < -0.39 is 9.84 Å². The van der Waals surface area contributed by atoms with Crippen LogP contribution in [-0.4, -0.2) is 20.7 Å². The van der Waals surface area contributed by atoms with Crippen molar-refractivity contribution in [2.75, 3.05) is 7.05 Å². The van der Waals surface area contributed by atoms with Gasteiger partial charge in [-0.05, 0) is 31.5 Å². The van der Waals surface area contributed by atoms with Gasteiger partial charge in [-0.25, -0.2) is 8.42 Å². The van der Waals surface area contributed by atoms with Gasteiger partial charge in [0.15, 0.2) is 9.84 Å². The maximum Gasteiger partial charge on any atom is 0.181 e. The molecule has 1 N–H and O–H groups in total. The van der Waals surface area contributed by atoms with E-state index in [4.69, 9.17) is 0 Å². The molecule has 1 aromatic carbocycles. The standard InChI is InChI=1S/C11H15NO2S/c1-12-8-9-4-2-3-5-11(9)15(13,14)10-6-7-10/h2-5,10,12H,6-8H2,1H3. The molecule has 4 heteroatoms. The first-order valence-corrected chi connectivity index (χ1v) is 6.67. The lowest BCUT2D eigenvalue weighted by atomic mass is 10.2. The lowest BCUT2D eigenvalue weighted by molar-refractivity contribution is 0.593. The van der Waals surface area contributed by atoms with Crippen LogP contribution in [0.25, 0.3) is 0 Å². The molecule has 1 saturated carbocycles. The molecule has 3 nitrogen and oxygen atoms in total. The molecular weight excluding hydrogens is 210 g/mol. The van der Waals surface area contributed by atoms with Gasteiger partial charge in [0.2, 0.25) is 0 Å². The molecule has 0 bridgehead atoms. The van der Waals surface area contributed by atoms with Gasteiger partial charge < -0.3 is 5.32 Å². The zero-order valence-corrected chi connectivity index (χ0v) is 9.55. The quantitative estimate of drug-likeness (QED) is 0.841. The van der Waals surface area contributed by atoms with Gasteiger partial charge in [0.05, 0.1) is 10.1 Å². The highest BCUT2D eigenvalue weighted by Crippen LogP contribution is 2.34. The molecule has 1 aliphatic rings. The highest BCUT2D eigenvalue weighted by atomic mass is 32.2. The molecule has 0 radical (unpaired) electrons. The zero-order chi connectivity index (χ0) is 10.9. The molecule has 0 amide bonds. The normalized spacial score (nSPS) is 16.6. The summed E-state index contributed by atoms with van der Waals surface area (Å²) in [4.78, 5) is 0.502. The van der Waals surface area contributed by atoms with E-state index in [1.165, 1.54) is 0 Å². The summed E-state index contributed by atoms with van der Waals surface area (Å²) in [6, 6.07) is 7.24. The van der Waals surface area contributed by atoms with E-state index in [1.807, 2.05) is 19.2 Å². The van der Waals surface area contributed by atoms with Gasteiger partial charge in [-0.1, -0.05) is 18.2 Å². The minimum Gasteiger partial charge on any atom is -0.316 e. The summed E-state index contributed by atoms with van der Waals surface area (Å²) in [5.74, 6) is 0. The average Bonchev–Trinajstić information content (AvgIpc) is 3.02. The molecule has 0 spiro atoms. The summed E-state index contributed by atoms with van der Waals surface area (Å²) in [6.45, 7) is 0.599. The third-order valence-electron chi connectivity index (χ3n) is 2.61. The number of hydrogen-bond acceptors (Lipinski definition) is 3. The van der Waals surface area contributed by atoms with Crippen molar-refractivity contribution in [3.05, 3.63) is 29.8 Å². The Bertz CT molecular complexity index is 449. The third kappa shape index (κ3) is 2.06. The summed E-state index contributed by atoms with van der Waals surface area (Å²) < 4.78 is 24.1. The Morgan fingerprint density at radius 3 is 2.60 bits per heavy atom. The van der Waals surface area contributed by atoms with Crippen molar-refractivity contribution in [3.8, 4) is 0 Å². The van der Waals surface area contributed by atoms with Crippen LogP contribution < -0.4 is 5.32 Å². The second kappa shape index (κ2) is 3.94. The highest BCUT2D eigenvalue weighted by molar-refractivity contribution is 7.92. The van der Waals surface area contributed by atoms with Crippen LogP contribution in [0.1, 0.15) is 18.4 Å². The Kier molecular flexibility index (Phi) is 2.80. The molecule has 0 heterocycles. The molecule has 1 fully saturated rings. The minimum atomic E-state index is -3.06. The molecule has 0 aromatic heterocycles. The van der Waals surface area contributed by atoms with E-state index in [2.05, 4.69) is 5.32 Å². The topological polar surface area (TPSA) is 46.2 Å². The summed E-state index contributed by atoms with van der Waals surface area (Å²) >= 11 is 0. The number of hydrogen-bond donors (Lipinski definition) is 1. The van der Waals surface area contributed by atoms with E-state index in [0.717, 1.165) is 18.4 Å². The minimum absolute atomic E-state index is 0.129. The van der Waals surface area contributed by atoms with Crippen LogP contribution in [0.4, 0.5) is 0 Å². The van der Waals surface area contributed by atoms with Crippen LogP contribution in [-0.2, 0) is 16.4 Å². The second-order valence-corrected chi connectivity index (χ2v) is 6.08. The summed E-state index contributed by atoms with van der Waals surface area (Å²) in [5, 5.41) is 2.86. The fraction of sp³-hybridized carbons (Fsp3) is 0.455. The van der Waals surface area contributed by atoms with E-state index in [-0.39, 0.29) is 5.25 Å². The number of rotatable bonds is 4. The van der Waals surface area contributed by atoms with E-state index in [9.17, 15) is 8.42 Å². The van der Waals surface area contributed by atoms with Crippen LogP contribution in [0, 0.1) is 0 Å². The second-order valence-electron chi connectivity index (χ2n) is 3.88. The molecule has 82 valence electrons. The summed E-state index contributed by atoms with van der Waals surface area (Å²) in [6.07, 6.45) is 1.63. The van der Waals surface area contributed by atoms with Gasteiger partial charge in [-0.3, -0.25) is 0 Å². The van der Waals surface area contributed by atoms with Crippen molar-refractivity contribution in [2.45, 2.75) is 29.5 Å².